The lowest BCUT2D eigenvalue weighted by Crippen LogP contribution is -2.35. The topological polar surface area (TPSA) is 89.0 Å². The molecule has 0 bridgehead atoms. The Morgan fingerprint density at radius 3 is 2.52 bits per heavy atom. The van der Waals surface area contributed by atoms with Crippen molar-refractivity contribution in [3.05, 3.63) is 56.5 Å². The van der Waals surface area contributed by atoms with Crippen molar-refractivity contribution in [3.8, 4) is 11.5 Å². The lowest BCUT2D eigenvalue weighted by molar-refractivity contribution is -0.120. The second-order valence-electron chi connectivity index (χ2n) is 5.19. The van der Waals surface area contributed by atoms with Gasteiger partial charge in [-0.25, -0.2) is 5.43 Å². The second kappa shape index (κ2) is 10.1. The van der Waals surface area contributed by atoms with E-state index in [2.05, 4.69) is 47.7 Å². The number of nitrogens with one attached hydrogen (secondary N) is 2. The van der Waals surface area contributed by atoms with Crippen LogP contribution in [0.1, 0.15) is 15.9 Å². The number of hydrogen-bond acceptors (Lipinski definition) is 5. The molecule has 9 heteroatoms. The van der Waals surface area contributed by atoms with E-state index >= 15 is 0 Å². The molecule has 0 saturated heterocycles. The number of carbonyl (C=O) groups excluding carboxylic acids is 2. The third-order valence-corrected chi connectivity index (χ3v) is 4.67. The molecule has 0 atom stereocenters. The van der Waals surface area contributed by atoms with Gasteiger partial charge >= 0.3 is 0 Å². The molecule has 2 N–H and O–H groups in total. The number of halogens is 2. The molecule has 0 aliphatic carbocycles. The normalized spacial score (nSPS) is 10.5. The highest BCUT2D eigenvalue weighted by atomic mass is 79.9. The zero-order valence-corrected chi connectivity index (χ0v) is 17.8. The third kappa shape index (κ3) is 5.80. The Morgan fingerprint density at radius 2 is 1.85 bits per heavy atom. The molecule has 0 radical (unpaired) electrons. The van der Waals surface area contributed by atoms with Crippen molar-refractivity contribution in [2.45, 2.75) is 0 Å². The molecule has 2 amide bonds. The maximum atomic E-state index is 12.0. The second-order valence-corrected chi connectivity index (χ2v) is 6.90. The highest BCUT2D eigenvalue weighted by Crippen LogP contribution is 2.35. The summed E-state index contributed by atoms with van der Waals surface area (Å²) in [4.78, 5) is 23.9. The number of amides is 2. The molecule has 0 aliphatic rings. The van der Waals surface area contributed by atoms with Crippen LogP contribution in [0.15, 0.2) is 50.4 Å². The Kier molecular flexibility index (Phi) is 7.81. The monoisotopic (exact) mass is 497 g/mol. The van der Waals surface area contributed by atoms with Crippen molar-refractivity contribution in [1.82, 2.24) is 10.7 Å². The molecule has 0 saturated carbocycles. The Labute approximate surface area is 173 Å². The Morgan fingerprint density at radius 1 is 1.11 bits per heavy atom. The summed E-state index contributed by atoms with van der Waals surface area (Å²) in [5.74, 6) is 0.283. The number of hydrogen-bond donors (Lipinski definition) is 2. The molecule has 2 rings (SSSR count). The van der Waals surface area contributed by atoms with Gasteiger partial charge in [-0.15, -0.1) is 0 Å². The first-order valence-electron chi connectivity index (χ1n) is 7.72. The molecule has 0 heterocycles. The van der Waals surface area contributed by atoms with Crippen LogP contribution in [-0.2, 0) is 4.79 Å². The van der Waals surface area contributed by atoms with Gasteiger partial charge in [-0.3, -0.25) is 9.59 Å². The van der Waals surface area contributed by atoms with Crippen molar-refractivity contribution >= 4 is 49.9 Å². The first-order valence-corrected chi connectivity index (χ1v) is 9.31. The van der Waals surface area contributed by atoms with Gasteiger partial charge in [0, 0.05) is 4.47 Å². The smallest absolute Gasteiger partial charge is 0.259 e. The average molecular weight is 499 g/mol. The number of nitrogens with zero attached hydrogens (tertiary/aromatic N) is 1. The summed E-state index contributed by atoms with van der Waals surface area (Å²) in [5.41, 5.74) is 3.49. The number of hydrazone groups is 1. The zero-order valence-electron chi connectivity index (χ0n) is 14.6. The minimum atomic E-state index is -0.453. The number of methoxy groups -OCH3 is 2. The molecule has 27 heavy (non-hydrogen) atoms. The van der Waals surface area contributed by atoms with Crippen LogP contribution in [0.25, 0.3) is 0 Å². The van der Waals surface area contributed by atoms with Gasteiger partial charge in [0.2, 0.25) is 0 Å². The fourth-order valence-corrected chi connectivity index (χ4v) is 3.22. The lowest BCUT2D eigenvalue weighted by Gasteiger charge is -2.10. The molecule has 0 spiro atoms. The highest BCUT2D eigenvalue weighted by Gasteiger charge is 2.11. The number of rotatable bonds is 7. The van der Waals surface area contributed by atoms with Crippen LogP contribution >= 0.6 is 31.9 Å². The average Bonchev–Trinajstić information content (AvgIpc) is 2.66. The summed E-state index contributed by atoms with van der Waals surface area (Å²) < 4.78 is 11.8. The molecular formula is C18H17Br2N3O4. The van der Waals surface area contributed by atoms with Gasteiger partial charge < -0.3 is 14.8 Å². The van der Waals surface area contributed by atoms with Gasteiger partial charge in [0.1, 0.15) is 0 Å². The van der Waals surface area contributed by atoms with Crippen LogP contribution in [0, 0.1) is 0 Å². The molecule has 0 aromatic heterocycles. The number of carbonyl (C=O) groups is 2. The van der Waals surface area contributed by atoms with Crippen molar-refractivity contribution < 1.29 is 19.1 Å². The van der Waals surface area contributed by atoms with E-state index in [0.29, 0.717) is 31.6 Å². The molecule has 0 fully saturated rings. The zero-order chi connectivity index (χ0) is 19.8. The SMILES string of the molecule is COc1cc(/C=N/NC(=O)CNC(=O)c2ccccc2Br)cc(Br)c1OC. The standard InChI is InChI=1S/C18H17Br2N3O4/c1-26-15-8-11(7-14(20)17(15)27-2)9-22-23-16(24)10-21-18(25)12-5-3-4-6-13(12)19/h3-9H,10H2,1-2H3,(H,21,25)(H,23,24)/b22-9+. The molecule has 0 aliphatic heterocycles. The Hall–Kier alpha value is -2.39. The van der Waals surface area contributed by atoms with E-state index in [1.54, 1.807) is 43.5 Å². The van der Waals surface area contributed by atoms with Gasteiger partial charge in [0.05, 0.1) is 37.0 Å². The quantitative estimate of drug-likeness (QED) is 0.453. The summed E-state index contributed by atoms with van der Waals surface area (Å²) in [6.07, 6.45) is 1.46. The van der Waals surface area contributed by atoms with Crippen LogP contribution in [0.5, 0.6) is 11.5 Å². The van der Waals surface area contributed by atoms with Crippen LogP contribution in [0.2, 0.25) is 0 Å². The summed E-state index contributed by atoms with van der Waals surface area (Å²) in [7, 11) is 3.07. The summed E-state index contributed by atoms with van der Waals surface area (Å²) >= 11 is 6.67. The van der Waals surface area contributed by atoms with Crippen molar-refractivity contribution in [3.63, 3.8) is 0 Å². The van der Waals surface area contributed by atoms with E-state index < -0.39 is 5.91 Å². The lowest BCUT2D eigenvalue weighted by atomic mass is 10.2. The fraction of sp³-hybridized carbons (Fsp3) is 0.167. The van der Waals surface area contributed by atoms with E-state index in [4.69, 9.17) is 9.47 Å². The van der Waals surface area contributed by atoms with E-state index in [9.17, 15) is 9.59 Å². The summed E-state index contributed by atoms with van der Waals surface area (Å²) in [6, 6.07) is 10.4. The van der Waals surface area contributed by atoms with Crippen LogP contribution in [0.3, 0.4) is 0 Å². The van der Waals surface area contributed by atoms with Gasteiger partial charge in [0.25, 0.3) is 11.8 Å². The summed E-state index contributed by atoms with van der Waals surface area (Å²) in [6.45, 7) is -0.201. The molecule has 7 nitrogen and oxygen atoms in total. The van der Waals surface area contributed by atoms with Crippen LogP contribution in [-0.4, -0.2) is 38.8 Å². The van der Waals surface area contributed by atoms with E-state index in [1.165, 1.54) is 13.3 Å². The summed E-state index contributed by atoms with van der Waals surface area (Å²) in [5, 5.41) is 6.41. The number of benzene rings is 2. The van der Waals surface area contributed by atoms with E-state index in [-0.39, 0.29) is 12.5 Å². The Balaban J connectivity index is 1.91. The molecule has 2 aromatic rings. The van der Waals surface area contributed by atoms with Gasteiger partial charge in [-0.05, 0) is 61.7 Å². The van der Waals surface area contributed by atoms with Crippen molar-refractivity contribution in [2.75, 3.05) is 20.8 Å². The highest BCUT2D eigenvalue weighted by molar-refractivity contribution is 9.10. The fourth-order valence-electron chi connectivity index (χ4n) is 2.13. The maximum absolute atomic E-state index is 12.0. The third-order valence-electron chi connectivity index (χ3n) is 3.39. The van der Waals surface area contributed by atoms with Crippen molar-refractivity contribution in [2.24, 2.45) is 5.10 Å². The van der Waals surface area contributed by atoms with Gasteiger partial charge in [-0.2, -0.15) is 5.10 Å². The molecule has 142 valence electrons. The van der Waals surface area contributed by atoms with Crippen LogP contribution in [0.4, 0.5) is 0 Å². The maximum Gasteiger partial charge on any atom is 0.259 e. The molecular weight excluding hydrogens is 482 g/mol. The van der Waals surface area contributed by atoms with E-state index in [1.807, 2.05) is 0 Å². The van der Waals surface area contributed by atoms with E-state index in [0.717, 1.165) is 0 Å². The molecule has 0 unspecified atom stereocenters. The van der Waals surface area contributed by atoms with Crippen molar-refractivity contribution in [1.29, 1.82) is 0 Å². The van der Waals surface area contributed by atoms with Crippen LogP contribution < -0.4 is 20.2 Å². The first kappa shape index (κ1) is 20.9. The predicted molar refractivity (Wildman–Crippen MR) is 109 cm³/mol. The minimum Gasteiger partial charge on any atom is -0.493 e. The first-order chi connectivity index (χ1) is 13.0. The molecule has 2 aromatic carbocycles. The van der Waals surface area contributed by atoms with Gasteiger partial charge in [0.15, 0.2) is 11.5 Å². The Bertz CT molecular complexity index is 872. The van der Waals surface area contributed by atoms with Gasteiger partial charge in [-0.1, -0.05) is 12.1 Å². The largest absolute Gasteiger partial charge is 0.493 e. The number of ether oxygens (including phenoxy) is 2. The minimum absolute atomic E-state index is 0.201. The predicted octanol–water partition coefficient (Wildman–Crippen LogP) is 3.11.